The van der Waals surface area contributed by atoms with Gasteiger partial charge in [0.25, 0.3) is 10.0 Å². The maximum atomic E-state index is 12.2. The number of nitrogens with one attached hydrogen (secondary N) is 1. The molecule has 0 aliphatic rings. The number of rotatable bonds is 4. The number of hydrogen-bond donors (Lipinski definition) is 2. The minimum absolute atomic E-state index is 0.000124. The van der Waals surface area contributed by atoms with Crippen LogP contribution in [-0.4, -0.2) is 20.6 Å². The van der Waals surface area contributed by atoms with Crippen molar-refractivity contribution in [3.8, 4) is 11.5 Å². The van der Waals surface area contributed by atoms with E-state index in [9.17, 15) is 13.5 Å². The van der Waals surface area contributed by atoms with Crippen molar-refractivity contribution >= 4 is 15.7 Å². The molecule has 106 valence electrons. The number of phenols is 1. The molecule has 0 unspecified atom stereocenters. The molecule has 0 atom stereocenters. The molecule has 0 aromatic heterocycles. The lowest BCUT2D eigenvalue weighted by molar-refractivity contribution is 0.409. The van der Waals surface area contributed by atoms with Crippen molar-refractivity contribution in [1.82, 2.24) is 0 Å². The molecule has 0 amide bonds. The third-order valence-electron chi connectivity index (χ3n) is 2.76. The molecule has 2 N–H and O–H groups in total. The van der Waals surface area contributed by atoms with Crippen LogP contribution >= 0.6 is 0 Å². The van der Waals surface area contributed by atoms with Crippen molar-refractivity contribution < 1.29 is 18.3 Å². The van der Waals surface area contributed by atoms with Gasteiger partial charge in [-0.25, -0.2) is 8.42 Å². The third kappa shape index (κ3) is 3.03. The first-order chi connectivity index (χ1) is 9.42. The molecular formula is C14H15NO4S. The van der Waals surface area contributed by atoms with E-state index in [0.717, 1.165) is 5.56 Å². The molecule has 0 saturated heterocycles. The monoisotopic (exact) mass is 293 g/mol. The van der Waals surface area contributed by atoms with Gasteiger partial charge in [0.05, 0.1) is 17.7 Å². The molecule has 0 saturated carbocycles. The van der Waals surface area contributed by atoms with Gasteiger partial charge in [0, 0.05) is 6.07 Å². The summed E-state index contributed by atoms with van der Waals surface area (Å²) in [6.45, 7) is 1.88. The Morgan fingerprint density at radius 3 is 2.35 bits per heavy atom. The first-order valence-corrected chi connectivity index (χ1v) is 7.37. The molecule has 2 aromatic carbocycles. The Morgan fingerprint density at radius 1 is 1.10 bits per heavy atom. The Balaban J connectivity index is 2.35. The molecule has 0 aliphatic heterocycles. The van der Waals surface area contributed by atoms with Crippen molar-refractivity contribution in [3.63, 3.8) is 0 Å². The molecule has 0 fully saturated rings. The zero-order valence-corrected chi connectivity index (χ0v) is 11.9. The number of phenolic OH excluding ortho intramolecular Hbond substituents is 1. The number of aromatic hydroxyl groups is 1. The Hall–Kier alpha value is -2.21. The normalized spacial score (nSPS) is 11.1. The smallest absolute Gasteiger partial charge is 0.262 e. The van der Waals surface area contributed by atoms with E-state index in [1.165, 1.54) is 37.4 Å². The molecule has 2 aromatic rings. The molecule has 5 nitrogen and oxygen atoms in total. The molecule has 20 heavy (non-hydrogen) atoms. The van der Waals surface area contributed by atoms with Crippen LogP contribution in [0.15, 0.2) is 47.4 Å². The van der Waals surface area contributed by atoms with Crippen molar-refractivity contribution in [2.24, 2.45) is 0 Å². The van der Waals surface area contributed by atoms with Crippen molar-refractivity contribution in [3.05, 3.63) is 48.0 Å². The first kappa shape index (κ1) is 14.2. The predicted octanol–water partition coefficient (Wildman–Crippen LogP) is 2.51. The number of ether oxygens (including phenoxy) is 1. The lowest BCUT2D eigenvalue weighted by atomic mass is 10.2. The van der Waals surface area contributed by atoms with E-state index in [1.807, 2.05) is 6.92 Å². The molecule has 0 bridgehead atoms. The fraction of sp³-hybridized carbons (Fsp3) is 0.143. The topological polar surface area (TPSA) is 75.6 Å². The molecule has 0 spiro atoms. The highest BCUT2D eigenvalue weighted by molar-refractivity contribution is 7.92. The summed E-state index contributed by atoms with van der Waals surface area (Å²) in [6, 6.07) is 10.7. The fourth-order valence-corrected chi connectivity index (χ4v) is 2.76. The van der Waals surface area contributed by atoms with E-state index in [4.69, 9.17) is 4.74 Å². The van der Waals surface area contributed by atoms with Crippen LogP contribution in [0.5, 0.6) is 11.5 Å². The van der Waals surface area contributed by atoms with Crippen LogP contribution in [0.2, 0.25) is 0 Å². The average Bonchev–Trinajstić information content (AvgIpc) is 2.41. The Labute approximate surface area is 117 Å². The minimum Gasteiger partial charge on any atom is -0.508 e. The van der Waals surface area contributed by atoms with Crippen molar-refractivity contribution in [2.75, 3.05) is 11.8 Å². The van der Waals surface area contributed by atoms with Gasteiger partial charge in [0.1, 0.15) is 11.5 Å². The standard InChI is InChI=1S/C14H15NO4S/c1-10-3-6-12(7-4-10)20(17,18)15-13-8-5-11(16)9-14(13)19-2/h3-9,15-16H,1-2H3. The van der Waals surface area contributed by atoms with Crippen LogP contribution in [0, 0.1) is 6.92 Å². The highest BCUT2D eigenvalue weighted by Crippen LogP contribution is 2.30. The summed E-state index contributed by atoms with van der Waals surface area (Å²) >= 11 is 0. The average molecular weight is 293 g/mol. The van der Waals surface area contributed by atoms with E-state index >= 15 is 0 Å². The SMILES string of the molecule is COc1cc(O)ccc1NS(=O)(=O)c1ccc(C)cc1. The van der Waals surface area contributed by atoms with Crippen LogP contribution in [0.3, 0.4) is 0 Å². The number of sulfonamides is 1. The minimum atomic E-state index is -3.69. The molecule has 0 aliphatic carbocycles. The van der Waals surface area contributed by atoms with Crippen LogP contribution in [0.4, 0.5) is 5.69 Å². The lowest BCUT2D eigenvalue weighted by Crippen LogP contribution is -2.13. The van der Waals surface area contributed by atoms with Crippen molar-refractivity contribution in [2.45, 2.75) is 11.8 Å². The first-order valence-electron chi connectivity index (χ1n) is 5.89. The summed E-state index contributed by atoms with van der Waals surface area (Å²) in [7, 11) is -2.29. The molecule has 6 heteroatoms. The van der Waals surface area contributed by atoms with E-state index in [-0.39, 0.29) is 22.1 Å². The van der Waals surface area contributed by atoms with Gasteiger partial charge < -0.3 is 9.84 Å². The zero-order valence-electron chi connectivity index (χ0n) is 11.1. The van der Waals surface area contributed by atoms with Crippen molar-refractivity contribution in [1.29, 1.82) is 0 Å². The molecular weight excluding hydrogens is 278 g/mol. The van der Waals surface area contributed by atoms with E-state index in [2.05, 4.69) is 4.72 Å². The van der Waals surface area contributed by atoms with Gasteiger partial charge >= 0.3 is 0 Å². The Morgan fingerprint density at radius 2 is 1.75 bits per heavy atom. The maximum absolute atomic E-state index is 12.2. The van der Waals surface area contributed by atoms with Crippen LogP contribution in [0.25, 0.3) is 0 Å². The predicted molar refractivity (Wildman–Crippen MR) is 76.6 cm³/mol. The highest BCUT2D eigenvalue weighted by Gasteiger charge is 2.16. The summed E-state index contributed by atoms with van der Waals surface area (Å²) in [5.41, 5.74) is 1.25. The maximum Gasteiger partial charge on any atom is 0.262 e. The fourth-order valence-electron chi connectivity index (χ4n) is 1.69. The van der Waals surface area contributed by atoms with Crippen LogP contribution < -0.4 is 9.46 Å². The lowest BCUT2D eigenvalue weighted by Gasteiger charge is -2.12. The van der Waals surface area contributed by atoms with E-state index < -0.39 is 10.0 Å². The Kier molecular flexibility index (Phi) is 3.85. The summed E-state index contributed by atoms with van der Waals surface area (Å²) in [5.74, 6) is 0.251. The van der Waals surface area contributed by atoms with E-state index in [0.29, 0.717) is 0 Å². The number of aryl methyl sites for hydroxylation is 1. The molecule has 2 rings (SSSR count). The summed E-state index contributed by atoms with van der Waals surface area (Å²) in [4.78, 5) is 0.165. The number of anilines is 1. The van der Waals surface area contributed by atoms with Gasteiger partial charge in [-0.1, -0.05) is 17.7 Å². The number of hydrogen-bond acceptors (Lipinski definition) is 4. The van der Waals surface area contributed by atoms with E-state index in [1.54, 1.807) is 12.1 Å². The number of benzene rings is 2. The van der Waals surface area contributed by atoms with Crippen LogP contribution in [-0.2, 0) is 10.0 Å². The quantitative estimate of drug-likeness (QED) is 0.849. The van der Waals surface area contributed by atoms with Gasteiger partial charge in [0.15, 0.2) is 0 Å². The van der Waals surface area contributed by atoms with Gasteiger partial charge in [-0.05, 0) is 31.2 Å². The second-order valence-electron chi connectivity index (χ2n) is 4.30. The highest BCUT2D eigenvalue weighted by atomic mass is 32.2. The van der Waals surface area contributed by atoms with Crippen LogP contribution in [0.1, 0.15) is 5.56 Å². The van der Waals surface area contributed by atoms with Gasteiger partial charge in [-0.15, -0.1) is 0 Å². The van der Waals surface area contributed by atoms with Gasteiger partial charge in [0.2, 0.25) is 0 Å². The van der Waals surface area contributed by atoms with Gasteiger partial charge in [-0.3, -0.25) is 4.72 Å². The Bertz CT molecular complexity index is 708. The number of methoxy groups -OCH3 is 1. The third-order valence-corrected chi connectivity index (χ3v) is 4.14. The summed E-state index contributed by atoms with van der Waals surface area (Å²) in [5, 5.41) is 9.36. The summed E-state index contributed by atoms with van der Waals surface area (Å²) < 4.78 is 32.0. The second-order valence-corrected chi connectivity index (χ2v) is 5.99. The largest absolute Gasteiger partial charge is 0.508 e. The summed E-state index contributed by atoms with van der Waals surface area (Å²) in [6.07, 6.45) is 0. The zero-order chi connectivity index (χ0) is 14.8. The molecule has 0 radical (unpaired) electrons. The molecule has 0 heterocycles. The second kappa shape index (κ2) is 5.42. The van der Waals surface area contributed by atoms with Gasteiger partial charge in [-0.2, -0.15) is 0 Å².